The second-order valence-corrected chi connectivity index (χ2v) is 6.20. The molecule has 28 heavy (non-hydrogen) atoms. The van der Waals surface area contributed by atoms with E-state index in [-0.39, 0.29) is 0 Å². The van der Waals surface area contributed by atoms with Crippen molar-refractivity contribution in [1.29, 1.82) is 0 Å². The number of carbonyl (C=O) groups is 2. The number of esters is 1. The molecule has 1 N–H and O–H groups in total. The molecule has 0 saturated heterocycles. The van der Waals surface area contributed by atoms with Crippen LogP contribution in [0.15, 0.2) is 72.8 Å². The Morgan fingerprint density at radius 3 is 2.43 bits per heavy atom. The van der Waals surface area contributed by atoms with Crippen LogP contribution in [0.4, 0.5) is 5.69 Å². The highest BCUT2D eigenvalue weighted by atomic mass is 16.5. The first kappa shape index (κ1) is 19.2. The first-order chi connectivity index (χ1) is 13.6. The molecule has 0 spiro atoms. The molecule has 1 unspecified atom stereocenters. The lowest BCUT2D eigenvalue weighted by Gasteiger charge is -2.12. The average Bonchev–Trinajstić information content (AvgIpc) is 2.72. The zero-order valence-corrected chi connectivity index (χ0v) is 15.7. The molecule has 0 bridgehead atoms. The van der Waals surface area contributed by atoms with Gasteiger partial charge in [-0.25, -0.2) is 4.79 Å². The quantitative estimate of drug-likeness (QED) is 0.511. The Balaban J connectivity index is 1.60. The Bertz CT molecular complexity index is 1000. The number of amides is 1. The van der Waals surface area contributed by atoms with Crippen LogP contribution < -0.4 is 10.1 Å². The monoisotopic (exact) mass is 375 g/mol. The fourth-order valence-electron chi connectivity index (χ4n) is 2.74. The molecule has 0 radical (unpaired) electrons. The van der Waals surface area contributed by atoms with Gasteiger partial charge in [0.1, 0.15) is 5.75 Å². The largest absolute Gasteiger partial charge is 0.497 e. The number of nitrogens with one attached hydrogen (secondary N) is 1. The second-order valence-electron chi connectivity index (χ2n) is 6.20. The molecule has 5 nitrogen and oxygen atoms in total. The van der Waals surface area contributed by atoms with Crippen LogP contribution in [0.2, 0.25) is 0 Å². The summed E-state index contributed by atoms with van der Waals surface area (Å²) in [6.07, 6.45) is 2.10. The molecule has 3 rings (SSSR count). The Morgan fingerprint density at radius 2 is 1.68 bits per heavy atom. The van der Waals surface area contributed by atoms with Crippen LogP contribution >= 0.6 is 0 Å². The molecule has 3 aromatic carbocycles. The van der Waals surface area contributed by atoms with Crippen LogP contribution in [0.5, 0.6) is 5.75 Å². The maximum Gasteiger partial charge on any atom is 0.331 e. The van der Waals surface area contributed by atoms with Gasteiger partial charge in [0.05, 0.1) is 7.11 Å². The van der Waals surface area contributed by atoms with Crippen molar-refractivity contribution in [2.24, 2.45) is 0 Å². The predicted octanol–water partition coefficient (Wildman–Crippen LogP) is 4.43. The topological polar surface area (TPSA) is 64.6 Å². The van der Waals surface area contributed by atoms with Crippen molar-refractivity contribution in [3.05, 3.63) is 78.4 Å². The number of carbonyl (C=O) groups excluding carboxylic acids is 2. The molecule has 0 heterocycles. The average molecular weight is 375 g/mol. The molecule has 0 aliphatic heterocycles. The number of benzene rings is 3. The van der Waals surface area contributed by atoms with Crippen LogP contribution in [0, 0.1) is 0 Å². The lowest BCUT2D eigenvalue weighted by Crippen LogP contribution is -2.29. The summed E-state index contributed by atoms with van der Waals surface area (Å²) in [5.41, 5.74) is 1.50. The van der Waals surface area contributed by atoms with Crippen molar-refractivity contribution in [2.45, 2.75) is 13.0 Å². The molecule has 1 atom stereocenters. The number of anilines is 1. The second kappa shape index (κ2) is 8.86. The van der Waals surface area contributed by atoms with Gasteiger partial charge in [0.25, 0.3) is 5.91 Å². The Hall–Kier alpha value is -3.60. The smallest absolute Gasteiger partial charge is 0.331 e. The molecule has 0 aromatic heterocycles. The van der Waals surface area contributed by atoms with E-state index in [0.717, 1.165) is 16.3 Å². The van der Waals surface area contributed by atoms with Crippen LogP contribution in [-0.4, -0.2) is 25.1 Å². The van der Waals surface area contributed by atoms with Gasteiger partial charge in [-0.15, -0.1) is 0 Å². The molecule has 0 fully saturated rings. The highest BCUT2D eigenvalue weighted by Crippen LogP contribution is 2.20. The minimum absolute atomic E-state index is 0.405. The van der Waals surface area contributed by atoms with Gasteiger partial charge in [-0.05, 0) is 53.6 Å². The third-order valence-corrected chi connectivity index (χ3v) is 4.24. The lowest BCUT2D eigenvalue weighted by molar-refractivity contribution is -0.148. The van der Waals surface area contributed by atoms with Gasteiger partial charge in [-0.1, -0.05) is 42.5 Å². The Labute approximate surface area is 163 Å². The molecule has 0 saturated carbocycles. The molecular weight excluding hydrogens is 354 g/mol. The molecule has 142 valence electrons. The summed E-state index contributed by atoms with van der Waals surface area (Å²) in [5, 5.41) is 4.83. The van der Waals surface area contributed by atoms with Crippen molar-refractivity contribution >= 4 is 34.4 Å². The van der Waals surface area contributed by atoms with E-state index >= 15 is 0 Å². The van der Waals surface area contributed by atoms with Crippen molar-refractivity contribution in [3.8, 4) is 5.75 Å². The molecule has 3 aromatic rings. The van der Waals surface area contributed by atoms with Crippen molar-refractivity contribution < 1.29 is 19.1 Å². The van der Waals surface area contributed by atoms with E-state index in [9.17, 15) is 9.59 Å². The lowest BCUT2D eigenvalue weighted by atomic mass is 10.0. The Morgan fingerprint density at radius 1 is 0.964 bits per heavy atom. The fraction of sp³-hybridized carbons (Fsp3) is 0.130. The van der Waals surface area contributed by atoms with Gasteiger partial charge in [-0.2, -0.15) is 0 Å². The summed E-state index contributed by atoms with van der Waals surface area (Å²) < 4.78 is 10.3. The van der Waals surface area contributed by atoms with Crippen molar-refractivity contribution in [2.75, 3.05) is 12.4 Å². The SMILES string of the molecule is COc1ccc(NC(=O)C(C)OC(=O)/C=C/c2cccc3ccccc23)cc1. The summed E-state index contributed by atoms with van der Waals surface area (Å²) in [5.74, 6) is -0.293. The van der Waals surface area contributed by atoms with E-state index < -0.39 is 18.0 Å². The Kier molecular flexibility index (Phi) is 6.07. The maximum absolute atomic E-state index is 12.2. The summed E-state index contributed by atoms with van der Waals surface area (Å²) >= 11 is 0. The summed E-state index contributed by atoms with van der Waals surface area (Å²) in [6, 6.07) is 20.7. The van der Waals surface area contributed by atoms with E-state index in [1.807, 2.05) is 42.5 Å². The standard InChI is InChI=1S/C23H21NO4/c1-16(23(26)24-19-11-13-20(27-2)14-12-19)28-22(25)15-10-18-8-5-7-17-6-3-4-9-21(17)18/h3-16H,1-2H3,(H,24,26)/b15-10+. The number of hydrogen-bond acceptors (Lipinski definition) is 4. The highest BCUT2D eigenvalue weighted by molar-refractivity contribution is 5.98. The minimum atomic E-state index is -0.924. The first-order valence-electron chi connectivity index (χ1n) is 8.88. The third kappa shape index (κ3) is 4.76. The number of methoxy groups -OCH3 is 1. The molecule has 5 heteroatoms. The third-order valence-electron chi connectivity index (χ3n) is 4.24. The van der Waals surface area contributed by atoms with Gasteiger partial charge in [0.2, 0.25) is 0 Å². The molecule has 0 aliphatic carbocycles. The van der Waals surface area contributed by atoms with Crippen molar-refractivity contribution in [1.82, 2.24) is 0 Å². The summed E-state index contributed by atoms with van der Waals surface area (Å²) in [4.78, 5) is 24.3. The predicted molar refractivity (Wildman–Crippen MR) is 110 cm³/mol. The van der Waals surface area contributed by atoms with E-state index in [0.29, 0.717) is 11.4 Å². The first-order valence-corrected chi connectivity index (χ1v) is 8.88. The number of fused-ring (bicyclic) bond motifs is 1. The van der Waals surface area contributed by atoms with Crippen LogP contribution in [0.1, 0.15) is 12.5 Å². The van der Waals surface area contributed by atoms with Gasteiger partial charge >= 0.3 is 5.97 Å². The maximum atomic E-state index is 12.2. The van der Waals surface area contributed by atoms with E-state index in [1.54, 1.807) is 37.5 Å². The van der Waals surface area contributed by atoms with Gasteiger partial charge in [-0.3, -0.25) is 4.79 Å². The van der Waals surface area contributed by atoms with Crippen LogP contribution in [-0.2, 0) is 14.3 Å². The van der Waals surface area contributed by atoms with Crippen molar-refractivity contribution in [3.63, 3.8) is 0 Å². The zero-order chi connectivity index (χ0) is 19.9. The molecule has 1 amide bonds. The van der Waals surface area contributed by atoms with Crippen LogP contribution in [0.3, 0.4) is 0 Å². The zero-order valence-electron chi connectivity index (χ0n) is 15.7. The van der Waals surface area contributed by atoms with Gasteiger partial charge in [0.15, 0.2) is 6.10 Å². The van der Waals surface area contributed by atoms with Gasteiger partial charge < -0.3 is 14.8 Å². The highest BCUT2D eigenvalue weighted by Gasteiger charge is 2.16. The molecule has 0 aliphatic rings. The number of ether oxygens (including phenoxy) is 2. The van der Waals surface area contributed by atoms with Crippen LogP contribution in [0.25, 0.3) is 16.8 Å². The van der Waals surface area contributed by atoms with Gasteiger partial charge in [0, 0.05) is 11.8 Å². The number of hydrogen-bond donors (Lipinski definition) is 1. The summed E-state index contributed by atoms with van der Waals surface area (Å²) in [7, 11) is 1.57. The van der Waals surface area contributed by atoms with E-state index in [1.165, 1.54) is 13.0 Å². The van der Waals surface area contributed by atoms with E-state index in [4.69, 9.17) is 9.47 Å². The minimum Gasteiger partial charge on any atom is -0.497 e. The summed E-state index contributed by atoms with van der Waals surface area (Å²) in [6.45, 7) is 1.53. The fourth-order valence-corrected chi connectivity index (χ4v) is 2.74. The van der Waals surface area contributed by atoms with E-state index in [2.05, 4.69) is 5.32 Å². The molecular formula is C23H21NO4. The number of rotatable bonds is 6. The normalized spacial score (nSPS) is 11.9.